The third-order valence-corrected chi connectivity index (χ3v) is 2.35. The molecule has 0 spiro atoms. The van der Waals surface area contributed by atoms with Crippen LogP contribution in [0.15, 0.2) is 48.7 Å². The van der Waals surface area contributed by atoms with Crippen LogP contribution in [0.2, 0.25) is 0 Å². The maximum absolute atomic E-state index is 9.37. The van der Waals surface area contributed by atoms with E-state index < -0.39 is 6.10 Å². The molecule has 1 aromatic carbocycles. The first-order valence-corrected chi connectivity index (χ1v) is 4.97. The van der Waals surface area contributed by atoms with Crippen molar-refractivity contribution in [2.45, 2.75) is 13.0 Å². The molecule has 0 saturated heterocycles. The van der Waals surface area contributed by atoms with Crippen LogP contribution < -0.4 is 0 Å². The van der Waals surface area contributed by atoms with Crippen molar-refractivity contribution in [2.75, 3.05) is 0 Å². The van der Waals surface area contributed by atoms with E-state index >= 15 is 0 Å². The van der Waals surface area contributed by atoms with Gasteiger partial charge in [0.05, 0.1) is 11.8 Å². The van der Waals surface area contributed by atoms with E-state index in [0.717, 1.165) is 16.8 Å². The zero-order valence-electron chi connectivity index (χ0n) is 8.59. The summed E-state index contributed by atoms with van der Waals surface area (Å²) in [5.41, 5.74) is 2.95. The molecule has 0 aliphatic heterocycles. The van der Waals surface area contributed by atoms with Gasteiger partial charge in [0, 0.05) is 11.8 Å². The number of nitrogens with zero attached hydrogens (tertiary/aromatic N) is 1. The molecule has 76 valence electrons. The minimum atomic E-state index is -0.414. The zero-order chi connectivity index (χ0) is 10.7. The Labute approximate surface area is 89.2 Å². The van der Waals surface area contributed by atoms with Crippen LogP contribution in [-0.2, 0) is 0 Å². The lowest BCUT2D eigenvalue weighted by atomic mass is 10.1. The molecule has 1 heterocycles. The third-order valence-electron chi connectivity index (χ3n) is 2.35. The summed E-state index contributed by atoms with van der Waals surface area (Å²) in [7, 11) is 0. The highest BCUT2D eigenvalue weighted by Crippen LogP contribution is 2.19. The molecule has 0 radical (unpaired) electrons. The van der Waals surface area contributed by atoms with Crippen LogP contribution in [0.5, 0.6) is 0 Å². The van der Waals surface area contributed by atoms with E-state index in [-0.39, 0.29) is 0 Å². The fourth-order valence-corrected chi connectivity index (χ4v) is 1.47. The van der Waals surface area contributed by atoms with Gasteiger partial charge in [0.1, 0.15) is 0 Å². The second-order valence-corrected chi connectivity index (χ2v) is 3.51. The molecule has 2 rings (SSSR count). The summed E-state index contributed by atoms with van der Waals surface area (Å²) in [5.74, 6) is 0. The van der Waals surface area contributed by atoms with Gasteiger partial charge < -0.3 is 5.11 Å². The third kappa shape index (κ3) is 2.22. The van der Waals surface area contributed by atoms with Gasteiger partial charge in [-0.1, -0.05) is 30.3 Å². The minimum absolute atomic E-state index is 0.414. The van der Waals surface area contributed by atoms with Crippen molar-refractivity contribution in [1.82, 2.24) is 4.98 Å². The van der Waals surface area contributed by atoms with Gasteiger partial charge in [-0.15, -0.1) is 0 Å². The summed E-state index contributed by atoms with van der Waals surface area (Å²) in [6.45, 7) is 1.76. The molecule has 0 aliphatic carbocycles. The number of aromatic nitrogens is 1. The molecule has 0 saturated carbocycles. The Kier molecular flexibility index (Phi) is 2.79. The molecule has 0 bridgehead atoms. The summed E-state index contributed by atoms with van der Waals surface area (Å²) < 4.78 is 0. The van der Waals surface area contributed by atoms with Crippen molar-refractivity contribution in [1.29, 1.82) is 0 Å². The van der Waals surface area contributed by atoms with E-state index in [9.17, 15) is 5.11 Å². The average molecular weight is 199 g/mol. The lowest BCUT2D eigenvalue weighted by Crippen LogP contribution is -1.90. The van der Waals surface area contributed by atoms with Crippen LogP contribution in [0, 0.1) is 0 Å². The first-order valence-electron chi connectivity index (χ1n) is 4.97. The fraction of sp³-hybridized carbons (Fsp3) is 0.154. The largest absolute Gasteiger partial charge is 0.389 e. The van der Waals surface area contributed by atoms with Gasteiger partial charge in [-0.3, -0.25) is 4.98 Å². The molecule has 0 amide bonds. The Morgan fingerprint density at radius 1 is 1.07 bits per heavy atom. The van der Waals surface area contributed by atoms with Crippen LogP contribution in [0.3, 0.4) is 0 Å². The van der Waals surface area contributed by atoms with E-state index in [1.807, 2.05) is 42.5 Å². The minimum Gasteiger partial charge on any atom is -0.389 e. The van der Waals surface area contributed by atoms with Gasteiger partial charge in [0.25, 0.3) is 0 Å². The van der Waals surface area contributed by atoms with Crippen LogP contribution in [0.4, 0.5) is 0 Å². The molecule has 0 aliphatic rings. The summed E-state index contributed by atoms with van der Waals surface area (Å²) in [4.78, 5) is 4.26. The lowest BCUT2D eigenvalue weighted by Gasteiger charge is -2.05. The maximum Gasteiger partial charge on any atom is 0.0761 e. The van der Waals surface area contributed by atoms with E-state index in [1.165, 1.54) is 0 Å². The Bertz CT molecular complexity index is 420. The number of hydrogen-bond acceptors (Lipinski definition) is 2. The first-order chi connectivity index (χ1) is 7.27. The lowest BCUT2D eigenvalue weighted by molar-refractivity contribution is 0.199. The van der Waals surface area contributed by atoms with Crippen molar-refractivity contribution in [3.63, 3.8) is 0 Å². The molecular formula is C13H13NO. The van der Waals surface area contributed by atoms with E-state index in [4.69, 9.17) is 0 Å². The average Bonchev–Trinajstić information content (AvgIpc) is 2.30. The second kappa shape index (κ2) is 4.24. The van der Waals surface area contributed by atoms with Crippen molar-refractivity contribution >= 4 is 0 Å². The van der Waals surface area contributed by atoms with E-state index in [0.29, 0.717) is 0 Å². The van der Waals surface area contributed by atoms with Crippen molar-refractivity contribution in [2.24, 2.45) is 0 Å². The highest BCUT2D eigenvalue weighted by molar-refractivity contribution is 5.59. The molecule has 1 N–H and O–H groups in total. The predicted octanol–water partition coefficient (Wildman–Crippen LogP) is 2.80. The van der Waals surface area contributed by atoms with Crippen LogP contribution >= 0.6 is 0 Å². The Morgan fingerprint density at radius 2 is 1.80 bits per heavy atom. The van der Waals surface area contributed by atoms with Gasteiger partial charge >= 0.3 is 0 Å². The number of rotatable bonds is 2. The molecular weight excluding hydrogens is 186 g/mol. The topological polar surface area (TPSA) is 33.1 Å². The number of pyridine rings is 1. The number of hydrogen-bond donors (Lipinski definition) is 1. The summed E-state index contributed by atoms with van der Waals surface area (Å²) in [6.07, 6.45) is 1.36. The highest BCUT2D eigenvalue weighted by atomic mass is 16.3. The maximum atomic E-state index is 9.37. The van der Waals surface area contributed by atoms with Gasteiger partial charge in [0.15, 0.2) is 0 Å². The molecule has 0 fully saturated rings. The standard InChI is InChI=1S/C13H13NO/c1-10(15)11-5-7-12(8-6-11)13-4-2-3-9-14-13/h2-10,15H,1H3/t10-/m0/s1. The molecule has 15 heavy (non-hydrogen) atoms. The Hall–Kier alpha value is -1.67. The Balaban J connectivity index is 2.32. The molecule has 1 atom stereocenters. The SMILES string of the molecule is C[C@H](O)c1ccc(-c2ccccn2)cc1. The quantitative estimate of drug-likeness (QED) is 0.806. The number of aliphatic hydroxyl groups excluding tert-OH is 1. The highest BCUT2D eigenvalue weighted by Gasteiger charge is 2.01. The summed E-state index contributed by atoms with van der Waals surface area (Å²) in [6, 6.07) is 13.6. The first kappa shape index (κ1) is 9.87. The molecule has 2 heteroatoms. The van der Waals surface area contributed by atoms with Gasteiger partial charge in [-0.25, -0.2) is 0 Å². The smallest absolute Gasteiger partial charge is 0.0761 e. The molecule has 0 unspecified atom stereocenters. The second-order valence-electron chi connectivity index (χ2n) is 3.51. The summed E-state index contributed by atoms with van der Waals surface area (Å²) in [5, 5.41) is 9.37. The molecule has 2 nitrogen and oxygen atoms in total. The normalized spacial score (nSPS) is 12.4. The molecule has 2 aromatic rings. The van der Waals surface area contributed by atoms with Crippen LogP contribution in [-0.4, -0.2) is 10.1 Å². The van der Waals surface area contributed by atoms with Gasteiger partial charge in [-0.2, -0.15) is 0 Å². The Morgan fingerprint density at radius 3 is 2.33 bits per heavy atom. The van der Waals surface area contributed by atoms with E-state index in [1.54, 1.807) is 13.1 Å². The zero-order valence-corrected chi connectivity index (χ0v) is 8.59. The van der Waals surface area contributed by atoms with Crippen molar-refractivity contribution in [3.8, 4) is 11.3 Å². The van der Waals surface area contributed by atoms with Gasteiger partial charge in [-0.05, 0) is 24.6 Å². The van der Waals surface area contributed by atoms with E-state index in [2.05, 4.69) is 4.98 Å². The predicted molar refractivity (Wildman–Crippen MR) is 60.3 cm³/mol. The monoisotopic (exact) mass is 199 g/mol. The molecule has 1 aromatic heterocycles. The fourth-order valence-electron chi connectivity index (χ4n) is 1.47. The van der Waals surface area contributed by atoms with Crippen molar-refractivity contribution in [3.05, 3.63) is 54.2 Å². The van der Waals surface area contributed by atoms with Gasteiger partial charge in [0.2, 0.25) is 0 Å². The summed E-state index contributed by atoms with van der Waals surface area (Å²) >= 11 is 0. The number of aliphatic hydroxyl groups is 1. The van der Waals surface area contributed by atoms with Crippen LogP contribution in [0.1, 0.15) is 18.6 Å². The van der Waals surface area contributed by atoms with Crippen LogP contribution in [0.25, 0.3) is 11.3 Å². The number of benzene rings is 1. The van der Waals surface area contributed by atoms with Crippen molar-refractivity contribution < 1.29 is 5.11 Å².